The molecule has 0 spiro atoms. The lowest BCUT2D eigenvalue weighted by atomic mass is 10.1. The molecule has 0 radical (unpaired) electrons. The zero-order chi connectivity index (χ0) is 18.0. The molecule has 2 heterocycles. The monoisotopic (exact) mass is 358 g/mol. The van der Waals surface area contributed by atoms with Gasteiger partial charge in [0, 0.05) is 42.1 Å². The van der Waals surface area contributed by atoms with Crippen LogP contribution in [-0.4, -0.2) is 45.8 Å². The van der Waals surface area contributed by atoms with Crippen LogP contribution in [0.4, 0.5) is 5.69 Å². The lowest BCUT2D eigenvalue weighted by Gasteiger charge is -2.39. The average molecular weight is 359 g/mol. The lowest BCUT2D eigenvalue weighted by Crippen LogP contribution is -2.57. The van der Waals surface area contributed by atoms with E-state index in [4.69, 9.17) is 11.6 Å². The van der Waals surface area contributed by atoms with Crippen molar-refractivity contribution in [1.29, 1.82) is 0 Å². The molecule has 25 heavy (non-hydrogen) atoms. The number of aryl methyl sites for hydroxylation is 1. The van der Waals surface area contributed by atoms with Gasteiger partial charge in [-0.1, -0.05) is 24.6 Å². The van der Waals surface area contributed by atoms with Gasteiger partial charge in [0.05, 0.1) is 5.56 Å². The summed E-state index contributed by atoms with van der Waals surface area (Å²) in [7, 11) is 0. The number of halogens is 1. The van der Waals surface area contributed by atoms with E-state index in [1.807, 2.05) is 19.9 Å². The Morgan fingerprint density at radius 3 is 2.68 bits per heavy atom. The molecule has 0 bridgehead atoms. The summed E-state index contributed by atoms with van der Waals surface area (Å²) < 4.78 is 0. The molecule has 1 unspecified atom stereocenters. The van der Waals surface area contributed by atoms with Crippen molar-refractivity contribution in [3.63, 3.8) is 0 Å². The molecule has 0 saturated carbocycles. The summed E-state index contributed by atoms with van der Waals surface area (Å²) in [4.78, 5) is 36.8. The Morgan fingerprint density at radius 1 is 1.32 bits per heavy atom. The maximum absolute atomic E-state index is 12.7. The van der Waals surface area contributed by atoms with Crippen molar-refractivity contribution in [3.05, 3.63) is 53.1 Å². The fourth-order valence-electron chi connectivity index (χ4n) is 2.83. The lowest BCUT2D eigenvalue weighted by molar-refractivity contribution is -0.121. The van der Waals surface area contributed by atoms with Crippen LogP contribution >= 0.6 is 11.6 Å². The van der Waals surface area contributed by atoms with E-state index in [1.54, 1.807) is 28.0 Å². The first kappa shape index (κ1) is 17.4. The van der Waals surface area contributed by atoms with Crippen molar-refractivity contribution in [2.45, 2.75) is 26.3 Å². The second kappa shape index (κ2) is 7.19. The fraction of sp³-hybridized carbons (Fsp3) is 0.333. The summed E-state index contributed by atoms with van der Waals surface area (Å²) in [6.45, 7) is 4.30. The number of benzene rings is 1. The van der Waals surface area contributed by atoms with E-state index in [-0.39, 0.29) is 24.4 Å². The molecular formula is C18H19ClN4O2. The maximum Gasteiger partial charge on any atom is 0.257 e. The molecule has 0 aliphatic carbocycles. The highest BCUT2D eigenvalue weighted by molar-refractivity contribution is 6.30. The SMILES string of the molecule is CCc1ncc(C(=O)N2CC(=O)N(c3cccc(Cl)c3)CC2C)cn1. The smallest absolute Gasteiger partial charge is 0.257 e. The van der Waals surface area contributed by atoms with Gasteiger partial charge in [-0.2, -0.15) is 0 Å². The van der Waals surface area contributed by atoms with Gasteiger partial charge in [-0.3, -0.25) is 9.59 Å². The molecule has 1 aromatic carbocycles. The minimum Gasteiger partial charge on any atom is -0.325 e. The molecule has 1 atom stereocenters. The number of piperazine rings is 1. The predicted molar refractivity (Wildman–Crippen MR) is 95.7 cm³/mol. The van der Waals surface area contributed by atoms with Gasteiger partial charge in [-0.25, -0.2) is 9.97 Å². The molecule has 7 heteroatoms. The zero-order valence-electron chi connectivity index (χ0n) is 14.1. The second-order valence-corrected chi connectivity index (χ2v) is 6.44. The molecular weight excluding hydrogens is 340 g/mol. The molecule has 0 N–H and O–H groups in total. The van der Waals surface area contributed by atoms with E-state index in [2.05, 4.69) is 9.97 Å². The summed E-state index contributed by atoms with van der Waals surface area (Å²) in [6.07, 6.45) is 3.76. The zero-order valence-corrected chi connectivity index (χ0v) is 14.9. The molecule has 130 valence electrons. The predicted octanol–water partition coefficient (Wildman–Crippen LogP) is 2.57. The minimum atomic E-state index is -0.228. The van der Waals surface area contributed by atoms with E-state index in [1.165, 1.54) is 12.4 Å². The van der Waals surface area contributed by atoms with Crippen LogP contribution in [0.2, 0.25) is 5.02 Å². The standard InChI is InChI=1S/C18H19ClN4O2/c1-3-16-20-8-13(9-21-16)18(25)22-11-17(24)23(10-12(22)2)15-6-4-5-14(19)7-15/h4-9,12H,3,10-11H2,1-2H3. The molecule has 1 aromatic heterocycles. The average Bonchev–Trinajstić information content (AvgIpc) is 2.63. The van der Waals surface area contributed by atoms with Crippen molar-refractivity contribution in [1.82, 2.24) is 14.9 Å². The van der Waals surface area contributed by atoms with Gasteiger partial charge in [0.2, 0.25) is 5.91 Å². The Hall–Kier alpha value is -2.47. The van der Waals surface area contributed by atoms with Gasteiger partial charge in [-0.15, -0.1) is 0 Å². The molecule has 2 amide bonds. The number of carbonyl (C=O) groups excluding carboxylic acids is 2. The van der Waals surface area contributed by atoms with Gasteiger partial charge < -0.3 is 9.80 Å². The number of amides is 2. The number of rotatable bonds is 3. The van der Waals surface area contributed by atoms with Crippen molar-refractivity contribution in [3.8, 4) is 0 Å². The third kappa shape index (κ3) is 3.64. The van der Waals surface area contributed by atoms with E-state index in [0.29, 0.717) is 29.4 Å². The van der Waals surface area contributed by atoms with Crippen molar-refractivity contribution in [2.24, 2.45) is 0 Å². The maximum atomic E-state index is 12.7. The third-order valence-corrected chi connectivity index (χ3v) is 4.47. The van der Waals surface area contributed by atoms with Crippen LogP contribution in [0, 0.1) is 0 Å². The molecule has 1 saturated heterocycles. The first-order valence-electron chi connectivity index (χ1n) is 8.17. The highest BCUT2D eigenvalue weighted by Crippen LogP contribution is 2.24. The molecule has 3 rings (SSSR count). The highest BCUT2D eigenvalue weighted by Gasteiger charge is 2.33. The van der Waals surface area contributed by atoms with Crippen molar-refractivity contribution >= 4 is 29.1 Å². The van der Waals surface area contributed by atoms with E-state index < -0.39 is 0 Å². The van der Waals surface area contributed by atoms with Crippen LogP contribution in [0.3, 0.4) is 0 Å². The number of nitrogens with zero attached hydrogens (tertiary/aromatic N) is 4. The van der Waals surface area contributed by atoms with Gasteiger partial charge >= 0.3 is 0 Å². The van der Waals surface area contributed by atoms with E-state index >= 15 is 0 Å². The Morgan fingerprint density at radius 2 is 2.04 bits per heavy atom. The van der Waals surface area contributed by atoms with Crippen LogP contribution in [0.25, 0.3) is 0 Å². The number of aromatic nitrogens is 2. The molecule has 1 aliphatic heterocycles. The molecule has 1 fully saturated rings. The van der Waals surface area contributed by atoms with Crippen molar-refractivity contribution < 1.29 is 9.59 Å². The van der Waals surface area contributed by atoms with Crippen LogP contribution in [0.1, 0.15) is 30.0 Å². The van der Waals surface area contributed by atoms with Gasteiger partial charge in [0.15, 0.2) is 0 Å². The van der Waals surface area contributed by atoms with E-state index in [0.717, 1.165) is 5.69 Å². The topological polar surface area (TPSA) is 66.4 Å². The Labute approximate surface area is 151 Å². The second-order valence-electron chi connectivity index (χ2n) is 6.01. The molecule has 6 nitrogen and oxygen atoms in total. The summed E-state index contributed by atoms with van der Waals surface area (Å²) in [5.41, 5.74) is 1.14. The van der Waals surface area contributed by atoms with E-state index in [9.17, 15) is 9.59 Å². The number of anilines is 1. The summed E-state index contributed by atoms with van der Waals surface area (Å²) in [5, 5.41) is 0.574. The van der Waals surface area contributed by atoms with Gasteiger partial charge in [0.25, 0.3) is 5.91 Å². The summed E-state index contributed by atoms with van der Waals surface area (Å²) in [5.74, 6) is 0.320. The Balaban J connectivity index is 1.77. The highest BCUT2D eigenvalue weighted by atomic mass is 35.5. The molecule has 2 aromatic rings. The minimum absolute atomic E-state index is 0.0159. The fourth-order valence-corrected chi connectivity index (χ4v) is 3.02. The van der Waals surface area contributed by atoms with Crippen LogP contribution < -0.4 is 4.90 Å². The normalized spacial score (nSPS) is 17.7. The largest absolute Gasteiger partial charge is 0.325 e. The molecule has 1 aliphatic rings. The van der Waals surface area contributed by atoms with Gasteiger partial charge in [0.1, 0.15) is 12.4 Å². The summed E-state index contributed by atoms with van der Waals surface area (Å²) in [6, 6.07) is 7.03. The Kier molecular flexibility index (Phi) is 4.99. The quantitative estimate of drug-likeness (QED) is 0.845. The first-order valence-corrected chi connectivity index (χ1v) is 8.55. The third-order valence-electron chi connectivity index (χ3n) is 4.23. The van der Waals surface area contributed by atoms with Gasteiger partial charge in [-0.05, 0) is 25.1 Å². The van der Waals surface area contributed by atoms with Crippen LogP contribution in [0.5, 0.6) is 0 Å². The summed E-state index contributed by atoms with van der Waals surface area (Å²) >= 11 is 6.02. The van der Waals surface area contributed by atoms with Crippen LogP contribution in [-0.2, 0) is 11.2 Å². The number of hydrogen-bond donors (Lipinski definition) is 0. The Bertz CT molecular complexity index is 794. The van der Waals surface area contributed by atoms with Crippen LogP contribution in [0.15, 0.2) is 36.7 Å². The number of carbonyl (C=O) groups is 2. The first-order chi connectivity index (χ1) is 12.0. The van der Waals surface area contributed by atoms with Crippen molar-refractivity contribution in [2.75, 3.05) is 18.0 Å². The number of hydrogen-bond acceptors (Lipinski definition) is 4.